The molecule has 162 valence electrons. The van der Waals surface area contributed by atoms with Crippen LogP contribution in [0.4, 0.5) is 22.7 Å². The van der Waals surface area contributed by atoms with Crippen LogP contribution in [-0.2, 0) is 0 Å². The normalized spacial score (nSPS) is 11.0. The molecule has 0 aliphatic rings. The van der Waals surface area contributed by atoms with Gasteiger partial charge in [-0.2, -0.15) is 5.10 Å². The summed E-state index contributed by atoms with van der Waals surface area (Å²) in [5, 5.41) is 29.3. The Bertz CT molecular complexity index is 1240. The maximum atomic E-state index is 12.6. The first-order valence-corrected chi connectivity index (χ1v) is 9.47. The van der Waals surface area contributed by atoms with Gasteiger partial charge in [-0.05, 0) is 37.6 Å². The molecule has 3 aromatic rings. The molecular weight excluding hydrogens is 414 g/mol. The molecule has 0 bridgehead atoms. The summed E-state index contributed by atoms with van der Waals surface area (Å²) < 4.78 is 0. The van der Waals surface area contributed by atoms with Crippen molar-refractivity contribution in [1.29, 1.82) is 0 Å². The molecule has 0 aliphatic heterocycles. The first-order chi connectivity index (χ1) is 15.3. The number of benzene rings is 3. The number of nitro benzene ring substituents is 2. The van der Waals surface area contributed by atoms with Crippen molar-refractivity contribution in [2.45, 2.75) is 13.8 Å². The molecule has 0 radical (unpaired) electrons. The van der Waals surface area contributed by atoms with E-state index in [0.717, 1.165) is 11.6 Å². The lowest BCUT2D eigenvalue weighted by Gasteiger charge is -2.09. The largest absolute Gasteiger partial charge is 0.322 e. The summed E-state index contributed by atoms with van der Waals surface area (Å²) in [4.78, 5) is 33.9. The number of nitrogens with one attached hydrogen (secondary N) is 2. The van der Waals surface area contributed by atoms with Gasteiger partial charge in [-0.3, -0.25) is 30.4 Å². The van der Waals surface area contributed by atoms with Crippen LogP contribution in [0.5, 0.6) is 0 Å². The van der Waals surface area contributed by atoms with Crippen LogP contribution < -0.4 is 10.7 Å². The van der Waals surface area contributed by atoms with Gasteiger partial charge in [-0.1, -0.05) is 30.3 Å². The Morgan fingerprint density at radius 2 is 1.62 bits per heavy atom. The minimum Gasteiger partial charge on any atom is -0.322 e. The molecule has 0 heterocycles. The number of anilines is 2. The third-order valence-electron chi connectivity index (χ3n) is 4.67. The monoisotopic (exact) mass is 433 g/mol. The van der Waals surface area contributed by atoms with E-state index in [1.807, 2.05) is 19.1 Å². The van der Waals surface area contributed by atoms with Gasteiger partial charge in [0.05, 0.1) is 15.6 Å². The predicted molar refractivity (Wildman–Crippen MR) is 121 cm³/mol. The number of nitro groups is 2. The number of rotatable bonds is 7. The fourth-order valence-electron chi connectivity index (χ4n) is 2.88. The Labute approximate surface area is 182 Å². The van der Waals surface area contributed by atoms with Crippen LogP contribution >= 0.6 is 0 Å². The zero-order valence-corrected chi connectivity index (χ0v) is 17.2. The van der Waals surface area contributed by atoms with E-state index in [0.29, 0.717) is 17.0 Å². The van der Waals surface area contributed by atoms with Gasteiger partial charge in [-0.25, -0.2) is 0 Å². The summed E-state index contributed by atoms with van der Waals surface area (Å²) in [5.41, 5.74) is 4.73. The average Bonchev–Trinajstić information content (AvgIpc) is 2.78. The van der Waals surface area contributed by atoms with Crippen molar-refractivity contribution < 1.29 is 14.6 Å². The number of carbonyl (C=O) groups excluding carboxylic acids is 1. The predicted octanol–water partition coefficient (Wildman–Crippen LogP) is 4.90. The highest BCUT2D eigenvalue weighted by Gasteiger charge is 2.18. The molecule has 0 fully saturated rings. The lowest BCUT2D eigenvalue weighted by Crippen LogP contribution is -2.13. The maximum absolute atomic E-state index is 12.6. The fraction of sp³-hybridized carbons (Fsp3) is 0.0909. The SMILES string of the molecule is C/C(=N/Nc1ccc(C(=O)Nc2ccccc2C)cc1[N+](=O)[O-])c1cccc([N+](=O)[O-])c1. The van der Waals surface area contributed by atoms with Crippen molar-refractivity contribution in [2.75, 3.05) is 10.7 Å². The zero-order valence-electron chi connectivity index (χ0n) is 17.2. The molecule has 3 aromatic carbocycles. The molecule has 0 atom stereocenters. The first kappa shape index (κ1) is 22.1. The van der Waals surface area contributed by atoms with Crippen LogP contribution in [0.1, 0.15) is 28.4 Å². The molecule has 1 amide bonds. The highest BCUT2D eigenvalue weighted by atomic mass is 16.6. The van der Waals surface area contributed by atoms with Gasteiger partial charge in [0.25, 0.3) is 17.3 Å². The smallest absolute Gasteiger partial charge is 0.294 e. The van der Waals surface area contributed by atoms with Gasteiger partial charge in [-0.15, -0.1) is 0 Å². The molecule has 0 aromatic heterocycles. The van der Waals surface area contributed by atoms with Crippen LogP contribution in [0, 0.1) is 27.2 Å². The van der Waals surface area contributed by atoms with Crippen LogP contribution in [0.3, 0.4) is 0 Å². The fourth-order valence-corrected chi connectivity index (χ4v) is 2.88. The summed E-state index contributed by atoms with van der Waals surface area (Å²) in [6, 6.07) is 17.1. The molecule has 0 unspecified atom stereocenters. The van der Waals surface area contributed by atoms with Crippen molar-refractivity contribution in [3.8, 4) is 0 Å². The van der Waals surface area contributed by atoms with Gasteiger partial charge in [0.15, 0.2) is 0 Å². The molecule has 2 N–H and O–H groups in total. The summed E-state index contributed by atoms with van der Waals surface area (Å²) >= 11 is 0. The number of hydrogen-bond acceptors (Lipinski definition) is 7. The van der Waals surface area contributed by atoms with Gasteiger partial charge in [0.1, 0.15) is 5.69 Å². The number of aryl methyl sites for hydroxylation is 1. The minimum atomic E-state index is -0.620. The second-order valence-corrected chi connectivity index (χ2v) is 6.87. The number of hydrazone groups is 1. The quantitative estimate of drug-likeness (QED) is 0.308. The second kappa shape index (κ2) is 9.47. The number of hydrogen-bond donors (Lipinski definition) is 2. The van der Waals surface area contributed by atoms with Crippen LogP contribution in [0.2, 0.25) is 0 Å². The first-order valence-electron chi connectivity index (χ1n) is 9.47. The van der Waals surface area contributed by atoms with Crippen LogP contribution in [0.25, 0.3) is 0 Å². The van der Waals surface area contributed by atoms with Gasteiger partial charge in [0, 0.05) is 35.0 Å². The molecule has 10 heteroatoms. The van der Waals surface area contributed by atoms with Crippen molar-refractivity contribution in [3.05, 3.63) is 104 Å². The number of non-ortho nitro benzene ring substituents is 1. The molecule has 0 aliphatic carbocycles. The topological polar surface area (TPSA) is 140 Å². The van der Waals surface area contributed by atoms with Crippen molar-refractivity contribution in [3.63, 3.8) is 0 Å². The summed E-state index contributed by atoms with van der Waals surface area (Å²) in [5.74, 6) is -0.481. The number of para-hydroxylation sites is 1. The number of amides is 1. The highest BCUT2D eigenvalue weighted by Crippen LogP contribution is 2.27. The van der Waals surface area contributed by atoms with E-state index in [-0.39, 0.29) is 22.6 Å². The van der Waals surface area contributed by atoms with E-state index in [1.54, 1.807) is 25.1 Å². The highest BCUT2D eigenvalue weighted by molar-refractivity contribution is 6.05. The molecule has 32 heavy (non-hydrogen) atoms. The summed E-state index contributed by atoms with van der Waals surface area (Å²) in [7, 11) is 0. The lowest BCUT2D eigenvalue weighted by atomic mass is 10.1. The molecule has 0 saturated carbocycles. The van der Waals surface area contributed by atoms with Crippen LogP contribution in [0.15, 0.2) is 71.8 Å². The lowest BCUT2D eigenvalue weighted by molar-refractivity contribution is -0.384. The van der Waals surface area contributed by atoms with E-state index in [9.17, 15) is 25.0 Å². The Morgan fingerprint density at radius 1 is 0.875 bits per heavy atom. The third kappa shape index (κ3) is 5.11. The van der Waals surface area contributed by atoms with Crippen molar-refractivity contribution in [2.24, 2.45) is 5.10 Å². The van der Waals surface area contributed by atoms with E-state index < -0.39 is 15.8 Å². The third-order valence-corrected chi connectivity index (χ3v) is 4.67. The molecule has 0 saturated heterocycles. The van der Waals surface area contributed by atoms with E-state index >= 15 is 0 Å². The molecule has 3 rings (SSSR count). The Hall–Kier alpha value is -4.60. The van der Waals surface area contributed by atoms with E-state index in [2.05, 4.69) is 15.8 Å². The summed E-state index contributed by atoms with van der Waals surface area (Å²) in [6.45, 7) is 3.45. The minimum absolute atomic E-state index is 0.0761. The van der Waals surface area contributed by atoms with Crippen LogP contribution in [-0.4, -0.2) is 21.5 Å². The molecule has 10 nitrogen and oxygen atoms in total. The number of carbonyl (C=O) groups is 1. The number of nitrogens with zero attached hydrogens (tertiary/aromatic N) is 3. The van der Waals surface area contributed by atoms with Crippen molar-refractivity contribution >= 4 is 34.4 Å². The standard InChI is InChI=1S/C22H19N5O5/c1-14-6-3-4-9-19(14)23-22(28)17-10-11-20(21(13-17)27(31)32)25-24-15(2)16-7-5-8-18(12-16)26(29)30/h3-13,25H,1-2H3,(H,23,28)/b24-15-. The maximum Gasteiger partial charge on any atom is 0.294 e. The Kier molecular flexibility index (Phi) is 6.54. The Morgan fingerprint density at radius 3 is 2.31 bits per heavy atom. The Balaban J connectivity index is 1.83. The van der Waals surface area contributed by atoms with E-state index in [4.69, 9.17) is 0 Å². The average molecular weight is 433 g/mol. The van der Waals surface area contributed by atoms with Gasteiger partial charge < -0.3 is 5.32 Å². The van der Waals surface area contributed by atoms with Gasteiger partial charge >= 0.3 is 0 Å². The van der Waals surface area contributed by atoms with E-state index in [1.165, 1.54) is 30.3 Å². The summed E-state index contributed by atoms with van der Waals surface area (Å²) in [6.07, 6.45) is 0. The zero-order chi connectivity index (χ0) is 23.3. The van der Waals surface area contributed by atoms with Crippen molar-refractivity contribution in [1.82, 2.24) is 0 Å². The van der Waals surface area contributed by atoms with Gasteiger partial charge in [0.2, 0.25) is 0 Å². The second-order valence-electron chi connectivity index (χ2n) is 6.87. The molecule has 0 spiro atoms. The molecular formula is C22H19N5O5.